The first-order valence-electron chi connectivity index (χ1n) is 6.34. The monoisotopic (exact) mass is 330 g/mol. The van der Waals surface area contributed by atoms with Gasteiger partial charge in [-0.1, -0.05) is 18.3 Å². The molecule has 0 aliphatic carbocycles. The molecule has 1 aliphatic heterocycles. The molecule has 1 unspecified atom stereocenters. The van der Waals surface area contributed by atoms with E-state index in [1.54, 1.807) is 34.3 Å². The van der Waals surface area contributed by atoms with E-state index in [1.165, 1.54) is 0 Å². The van der Waals surface area contributed by atoms with Gasteiger partial charge in [-0.05, 0) is 31.5 Å². The average Bonchev–Trinajstić information content (AvgIpc) is 2.38. The Balaban J connectivity index is 2.39. The third-order valence-corrected chi connectivity index (χ3v) is 6.80. The maximum atomic E-state index is 12.7. The Morgan fingerprint density at radius 3 is 2.75 bits per heavy atom. The number of sulfonamides is 1. The van der Waals surface area contributed by atoms with E-state index >= 15 is 0 Å². The predicted octanol–water partition coefficient (Wildman–Crippen LogP) is 1.76. The molecule has 0 amide bonds. The minimum Gasteiger partial charge on any atom is -0.389 e. The highest BCUT2D eigenvalue weighted by Gasteiger charge is 2.31. The van der Waals surface area contributed by atoms with Crippen LogP contribution in [0, 0.1) is 6.92 Å². The summed E-state index contributed by atoms with van der Waals surface area (Å²) in [6.45, 7) is 4.33. The molecular weight excluding hydrogens is 312 g/mol. The Kier molecular flexibility index (Phi) is 4.73. The molecule has 0 bridgehead atoms. The average molecular weight is 331 g/mol. The van der Waals surface area contributed by atoms with Crippen molar-refractivity contribution in [2.45, 2.75) is 24.8 Å². The van der Waals surface area contributed by atoms with Gasteiger partial charge in [0.2, 0.25) is 10.0 Å². The summed E-state index contributed by atoms with van der Waals surface area (Å²) < 4.78 is 26.9. The summed E-state index contributed by atoms with van der Waals surface area (Å²) in [5.41, 5.74) is 7.12. The fraction of sp³-hybridized carbons (Fsp3) is 0.462. The van der Waals surface area contributed by atoms with Gasteiger partial charge in [-0.25, -0.2) is 8.42 Å². The van der Waals surface area contributed by atoms with Crippen LogP contribution in [-0.4, -0.2) is 41.8 Å². The van der Waals surface area contributed by atoms with Crippen molar-refractivity contribution < 1.29 is 8.42 Å². The molecule has 0 radical (unpaired) electrons. The van der Waals surface area contributed by atoms with Crippen LogP contribution in [0.1, 0.15) is 18.1 Å². The van der Waals surface area contributed by atoms with Crippen molar-refractivity contribution in [2.24, 2.45) is 5.73 Å². The van der Waals surface area contributed by atoms with E-state index in [2.05, 4.69) is 0 Å². The molecule has 1 aromatic rings. The maximum absolute atomic E-state index is 12.7. The van der Waals surface area contributed by atoms with Crippen LogP contribution < -0.4 is 5.73 Å². The van der Waals surface area contributed by atoms with Gasteiger partial charge in [0, 0.05) is 29.7 Å². The van der Waals surface area contributed by atoms with Gasteiger partial charge in [-0.15, -0.1) is 0 Å². The predicted molar refractivity (Wildman–Crippen MR) is 87.7 cm³/mol. The molecule has 7 heteroatoms. The lowest BCUT2D eigenvalue weighted by Gasteiger charge is -2.32. The minimum absolute atomic E-state index is 0.0225. The molecule has 2 N–H and O–H groups in total. The first kappa shape index (κ1) is 15.8. The zero-order valence-electron chi connectivity index (χ0n) is 11.5. The summed E-state index contributed by atoms with van der Waals surface area (Å²) in [6, 6.07) is 4.95. The van der Waals surface area contributed by atoms with E-state index in [0.717, 1.165) is 22.6 Å². The van der Waals surface area contributed by atoms with E-state index in [4.69, 9.17) is 18.0 Å². The summed E-state index contributed by atoms with van der Waals surface area (Å²) in [7, 11) is -3.44. The van der Waals surface area contributed by atoms with E-state index in [9.17, 15) is 8.42 Å². The molecule has 0 aromatic heterocycles. The molecule has 20 heavy (non-hydrogen) atoms. The van der Waals surface area contributed by atoms with Gasteiger partial charge in [0.05, 0.1) is 4.90 Å². The highest BCUT2D eigenvalue weighted by molar-refractivity contribution is 7.99. The molecule has 1 heterocycles. The third-order valence-electron chi connectivity index (χ3n) is 3.38. The van der Waals surface area contributed by atoms with Gasteiger partial charge in [-0.3, -0.25) is 0 Å². The molecule has 2 rings (SSSR count). The second-order valence-electron chi connectivity index (χ2n) is 4.88. The highest BCUT2D eigenvalue weighted by Crippen LogP contribution is 2.25. The number of nitrogens with zero attached hydrogens (tertiary/aromatic N) is 1. The Morgan fingerprint density at radius 2 is 2.20 bits per heavy atom. The summed E-state index contributed by atoms with van der Waals surface area (Å²) in [5.74, 6) is 1.68. The number of hydrogen-bond donors (Lipinski definition) is 1. The number of thiocarbonyl (C=S) groups is 1. The number of aryl methyl sites for hydroxylation is 1. The molecule has 1 fully saturated rings. The summed E-state index contributed by atoms with van der Waals surface area (Å²) in [4.78, 5) is 0.600. The van der Waals surface area contributed by atoms with E-state index < -0.39 is 10.0 Å². The SMILES string of the molecule is Cc1cc(S(=O)(=O)N2CCSCC2C)ccc1C(N)=S. The van der Waals surface area contributed by atoms with Crippen LogP contribution in [0.2, 0.25) is 0 Å². The molecule has 1 aromatic carbocycles. The van der Waals surface area contributed by atoms with Crippen molar-refractivity contribution in [3.8, 4) is 0 Å². The van der Waals surface area contributed by atoms with Crippen molar-refractivity contribution in [2.75, 3.05) is 18.1 Å². The fourth-order valence-corrected chi connectivity index (χ4v) is 5.45. The van der Waals surface area contributed by atoms with E-state index in [-0.39, 0.29) is 11.0 Å². The normalized spacial score (nSPS) is 20.8. The topological polar surface area (TPSA) is 63.4 Å². The van der Waals surface area contributed by atoms with Gasteiger partial charge in [0.25, 0.3) is 0 Å². The Hall–Kier alpha value is -0.630. The Labute approximate surface area is 129 Å². The standard InChI is InChI=1S/C13H18N2O2S3/c1-9-7-11(3-4-12(9)13(14)18)20(16,17)15-5-6-19-8-10(15)2/h3-4,7,10H,5-6,8H2,1-2H3,(H2,14,18). The molecule has 1 atom stereocenters. The van der Waals surface area contributed by atoms with Crippen molar-refractivity contribution in [1.82, 2.24) is 4.31 Å². The smallest absolute Gasteiger partial charge is 0.243 e. The van der Waals surface area contributed by atoms with Crippen molar-refractivity contribution in [1.29, 1.82) is 0 Å². The quantitative estimate of drug-likeness (QED) is 0.856. The lowest BCUT2D eigenvalue weighted by atomic mass is 10.1. The van der Waals surface area contributed by atoms with Crippen molar-refractivity contribution >= 4 is 39.0 Å². The molecule has 0 saturated carbocycles. The molecule has 1 aliphatic rings. The van der Waals surface area contributed by atoms with Crippen LogP contribution in [-0.2, 0) is 10.0 Å². The molecule has 110 valence electrons. The minimum atomic E-state index is -3.44. The fourth-order valence-electron chi connectivity index (χ4n) is 2.28. The number of hydrogen-bond acceptors (Lipinski definition) is 4. The number of rotatable bonds is 3. The van der Waals surface area contributed by atoms with Crippen molar-refractivity contribution in [3.63, 3.8) is 0 Å². The first-order chi connectivity index (χ1) is 9.34. The zero-order chi connectivity index (χ0) is 14.9. The Bertz CT molecular complexity index is 629. The van der Waals surface area contributed by atoms with Crippen LogP contribution in [0.25, 0.3) is 0 Å². The van der Waals surface area contributed by atoms with Crippen LogP contribution in [0.5, 0.6) is 0 Å². The van der Waals surface area contributed by atoms with Gasteiger partial charge >= 0.3 is 0 Å². The molecular formula is C13H18N2O2S3. The zero-order valence-corrected chi connectivity index (χ0v) is 13.9. The van der Waals surface area contributed by atoms with Gasteiger partial charge in [-0.2, -0.15) is 16.1 Å². The molecule has 0 spiro atoms. The summed E-state index contributed by atoms with van der Waals surface area (Å²) >= 11 is 6.73. The number of nitrogens with two attached hydrogens (primary N) is 1. The van der Waals surface area contributed by atoms with Crippen LogP contribution in [0.15, 0.2) is 23.1 Å². The lowest BCUT2D eigenvalue weighted by molar-refractivity contribution is 0.367. The Morgan fingerprint density at radius 1 is 1.50 bits per heavy atom. The largest absolute Gasteiger partial charge is 0.389 e. The molecule has 4 nitrogen and oxygen atoms in total. The van der Waals surface area contributed by atoms with Gasteiger partial charge < -0.3 is 5.73 Å². The van der Waals surface area contributed by atoms with Crippen molar-refractivity contribution in [3.05, 3.63) is 29.3 Å². The lowest BCUT2D eigenvalue weighted by Crippen LogP contribution is -2.44. The first-order valence-corrected chi connectivity index (χ1v) is 9.34. The number of thioether (sulfide) groups is 1. The van der Waals surface area contributed by atoms with Gasteiger partial charge in [0.15, 0.2) is 0 Å². The molecule has 1 saturated heterocycles. The maximum Gasteiger partial charge on any atom is 0.243 e. The third kappa shape index (κ3) is 3.00. The van der Waals surface area contributed by atoms with Crippen LogP contribution >= 0.6 is 24.0 Å². The van der Waals surface area contributed by atoms with E-state index in [0.29, 0.717) is 11.4 Å². The highest BCUT2D eigenvalue weighted by atomic mass is 32.2. The van der Waals surface area contributed by atoms with Crippen LogP contribution in [0.4, 0.5) is 0 Å². The second kappa shape index (κ2) is 6.01. The van der Waals surface area contributed by atoms with E-state index in [1.807, 2.05) is 13.8 Å². The summed E-state index contributed by atoms with van der Waals surface area (Å²) in [5, 5.41) is 0. The summed E-state index contributed by atoms with van der Waals surface area (Å²) in [6.07, 6.45) is 0. The second-order valence-corrected chi connectivity index (χ2v) is 8.36. The van der Waals surface area contributed by atoms with Gasteiger partial charge in [0.1, 0.15) is 4.99 Å². The van der Waals surface area contributed by atoms with Crippen LogP contribution in [0.3, 0.4) is 0 Å². The number of benzene rings is 1.